The Morgan fingerprint density at radius 3 is 1.42 bits per heavy atom. The summed E-state index contributed by atoms with van der Waals surface area (Å²) < 4.78 is 2.62. The number of anilines is 3. The molecule has 0 aliphatic heterocycles. The molecule has 14 rings (SSSR count). The third-order valence-electron chi connectivity index (χ3n) is 14.7. The van der Waals surface area contributed by atoms with Gasteiger partial charge >= 0.3 is 0 Å². The van der Waals surface area contributed by atoms with E-state index in [0.29, 0.717) is 0 Å². The summed E-state index contributed by atoms with van der Waals surface area (Å²) in [5.74, 6) is 0. The van der Waals surface area contributed by atoms with Crippen molar-refractivity contribution in [2.24, 2.45) is 0 Å². The Morgan fingerprint density at radius 1 is 0.290 bits per heavy atom. The predicted octanol–water partition coefficient (Wildman–Crippen LogP) is 18.5. The molecule has 0 bridgehead atoms. The minimum absolute atomic E-state index is 0.485. The van der Waals surface area contributed by atoms with Crippen LogP contribution in [0.15, 0.2) is 261 Å². The van der Waals surface area contributed by atoms with Crippen LogP contribution in [0.5, 0.6) is 0 Å². The fourth-order valence-corrected chi connectivity index (χ4v) is 13.0. The van der Waals surface area contributed by atoms with Gasteiger partial charge < -0.3 is 4.90 Å². The summed E-state index contributed by atoms with van der Waals surface area (Å²) in [6.45, 7) is 0. The van der Waals surface area contributed by atoms with Crippen LogP contribution in [0.4, 0.5) is 17.1 Å². The molecule has 11 aromatic carbocycles. The van der Waals surface area contributed by atoms with Gasteiger partial charge in [0.25, 0.3) is 0 Å². The molecule has 1 heterocycles. The minimum Gasteiger partial charge on any atom is -0.310 e. The highest BCUT2D eigenvalue weighted by molar-refractivity contribution is 7.25. The van der Waals surface area contributed by atoms with E-state index in [1.54, 1.807) is 0 Å². The SMILES string of the molecule is c1ccc(-c2ccccc2-c2c(-c3ccccc3)cccc2N(c2ccc(-c3cccc4sc5ccccc5c34)cc2)c2ccc3c(c2)C2(c4ccccc4-c4ccccc42)c2ccccc2-3)cc1. The molecule has 322 valence electrons. The zero-order valence-electron chi connectivity index (χ0n) is 37.7. The van der Waals surface area contributed by atoms with Crippen molar-refractivity contribution in [3.63, 3.8) is 0 Å². The fraction of sp³-hybridized carbons (Fsp3) is 0.0149. The molecule has 1 spiro atoms. The van der Waals surface area contributed by atoms with Gasteiger partial charge in [-0.15, -0.1) is 11.3 Å². The summed E-state index contributed by atoms with van der Waals surface area (Å²) in [7, 11) is 0. The molecule has 0 saturated heterocycles. The fourth-order valence-electron chi connectivity index (χ4n) is 11.9. The van der Waals surface area contributed by atoms with E-state index in [4.69, 9.17) is 0 Å². The van der Waals surface area contributed by atoms with E-state index in [1.807, 2.05) is 11.3 Å². The Balaban J connectivity index is 1.05. The van der Waals surface area contributed by atoms with Gasteiger partial charge in [-0.1, -0.05) is 218 Å². The monoisotopic (exact) mass is 893 g/mol. The molecule has 0 N–H and O–H groups in total. The highest BCUT2D eigenvalue weighted by Crippen LogP contribution is 2.63. The zero-order valence-corrected chi connectivity index (χ0v) is 38.5. The normalized spacial score (nSPS) is 12.8. The first-order chi connectivity index (χ1) is 34.3. The third-order valence-corrected chi connectivity index (χ3v) is 15.9. The Bertz CT molecular complexity index is 3890. The summed E-state index contributed by atoms with van der Waals surface area (Å²) in [4.78, 5) is 2.53. The van der Waals surface area contributed by atoms with Gasteiger partial charge in [0.1, 0.15) is 0 Å². The molecular weight excluding hydrogens is 851 g/mol. The van der Waals surface area contributed by atoms with Crippen molar-refractivity contribution in [3.8, 4) is 66.8 Å². The second-order valence-corrected chi connectivity index (χ2v) is 19.3. The van der Waals surface area contributed by atoms with Gasteiger partial charge in [-0.2, -0.15) is 0 Å². The summed E-state index contributed by atoms with van der Waals surface area (Å²) in [6, 6.07) is 96.9. The van der Waals surface area contributed by atoms with Crippen LogP contribution in [0, 0.1) is 0 Å². The van der Waals surface area contributed by atoms with E-state index in [0.717, 1.165) is 17.1 Å². The van der Waals surface area contributed by atoms with Crippen molar-refractivity contribution in [2.75, 3.05) is 4.90 Å². The molecule has 0 atom stereocenters. The largest absolute Gasteiger partial charge is 0.310 e. The van der Waals surface area contributed by atoms with Crippen molar-refractivity contribution >= 4 is 48.6 Å². The van der Waals surface area contributed by atoms with Crippen LogP contribution < -0.4 is 4.90 Å². The average Bonchev–Trinajstić information content (AvgIpc) is 4.06. The lowest BCUT2D eigenvalue weighted by molar-refractivity contribution is 0.793. The number of fused-ring (bicyclic) bond motifs is 13. The number of thiophene rings is 1. The van der Waals surface area contributed by atoms with Crippen LogP contribution in [0.1, 0.15) is 22.3 Å². The van der Waals surface area contributed by atoms with Crippen LogP contribution in [-0.4, -0.2) is 0 Å². The van der Waals surface area contributed by atoms with Gasteiger partial charge in [0.15, 0.2) is 0 Å². The molecule has 1 aromatic heterocycles. The van der Waals surface area contributed by atoms with Gasteiger partial charge in [0.2, 0.25) is 0 Å². The van der Waals surface area contributed by atoms with Crippen LogP contribution in [0.3, 0.4) is 0 Å². The number of hydrogen-bond acceptors (Lipinski definition) is 2. The van der Waals surface area contributed by atoms with Gasteiger partial charge in [-0.25, -0.2) is 0 Å². The standard InChI is InChI=1S/C67H43NS/c1-3-19-44(20-4-1)49-23-7-8-27-56(49)65-50(45-21-5-2-6-22-45)29-17-34-62(65)68(47-39-37-46(38-40-47)51-30-18-36-64-66(51)57-28-12-16-35-63(57)69-64)48-41-42-55-54-26-11-15-33-60(54)67(61(55)43-48)58-31-13-9-24-52(58)53-25-10-14-32-59(53)67/h1-43H. The molecule has 12 aromatic rings. The second kappa shape index (κ2) is 15.8. The minimum atomic E-state index is -0.485. The van der Waals surface area contributed by atoms with E-state index >= 15 is 0 Å². The van der Waals surface area contributed by atoms with E-state index in [1.165, 1.54) is 109 Å². The van der Waals surface area contributed by atoms with Crippen LogP contribution >= 0.6 is 11.3 Å². The Kier molecular flexibility index (Phi) is 9.05. The molecule has 0 unspecified atom stereocenters. The van der Waals surface area contributed by atoms with Gasteiger partial charge in [-0.3, -0.25) is 0 Å². The van der Waals surface area contributed by atoms with Crippen LogP contribution in [0.2, 0.25) is 0 Å². The van der Waals surface area contributed by atoms with E-state index < -0.39 is 5.41 Å². The highest BCUT2D eigenvalue weighted by Gasteiger charge is 2.51. The number of benzene rings is 11. The lowest BCUT2D eigenvalue weighted by Gasteiger charge is -2.33. The first-order valence-electron chi connectivity index (χ1n) is 23.8. The maximum atomic E-state index is 2.53. The van der Waals surface area contributed by atoms with Crippen molar-refractivity contribution < 1.29 is 0 Å². The molecular formula is C67H43NS. The van der Waals surface area contributed by atoms with Crippen molar-refractivity contribution in [1.29, 1.82) is 0 Å². The molecule has 0 fully saturated rings. The summed E-state index contributed by atoms with van der Waals surface area (Å²) in [5.41, 5.74) is 22.8. The molecule has 2 aliphatic rings. The van der Waals surface area contributed by atoms with Gasteiger partial charge in [0.05, 0.1) is 11.1 Å². The predicted molar refractivity (Wildman–Crippen MR) is 292 cm³/mol. The summed E-state index contributed by atoms with van der Waals surface area (Å²) in [5, 5.41) is 2.63. The molecule has 0 saturated carbocycles. The topological polar surface area (TPSA) is 3.24 Å². The van der Waals surface area contributed by atoms with Crippen molar-refractivity contribution in [3.05, 3.63) is 283 Å². The molecule has 0 amide bonds. The maximum absolute atomic E-state index is 2.53. The summed E-state index contributed by atoms with van der Waals surface area (Å²) >= 11 is 1.87. The summed E-state index contributed by atoms with van der Waals surface area (Å²) in [6.07, 6.45) is 0. The number of hydrogen-bond donors (Lipinski definition) is 0. The Labute approximate surface area is 406 Å². The molecule has 0 radical (unpaired) electrons. The zero-order chi connectivity index (χ0) is 45.5. The number of rotatable bonds is 7. The van der Waals surface area contributed by atoms with Gasteiger partial charge in [-0.05, 0) is 126 Å². The lowest BCUT2D eigenvalue weighted by atomic mass is 9.70. The van der Waals surface area contributed by atoms with E-state index in [-0.39, 0.29) is 0 Å². The smallest absolute Gasteiger partial charge is 0.0726 e. The quantitative estimate of drug-likeness (QED) is 0.154. The lowest BCUT2D eigenvalue weighted by Crippen LogP contribution is -2.26. The number of nitrogens with zero attached hydrogens (tertiary/aromatic N) is 1. The van der Waals surface area contributed by atoms with E-state index in [2.05, 4.69) is 266 Å². The third kappa shape index (κ3) is 5.96. The molecule has 2 heteroatoms. The first-order valence-corrected chi connectivity index (χ1v) is 24.7. The Morgan fingerprint density at radius 2 is 0.754 bits per heavy atom. The van der Waals surface area contributed by atoms with Crippen molar-refractivity contribution in [2.45, 2.75) is 5.41 Å². The average molecular weight is 894 g/mol. The van der Waals surface area contributed by atoms with Crippen LogP contribution in [0.25, 0.3) is 86.9 Å². The van der Waals surface area contributed by atoms with Crippen LogP contribution in [-0.2, 0) is 5.41 Å². The maximum Gasteiger partial charge on any atom is 0.0726 e. The van der Waals surface area contributed by atoms with Crippen molar-refractivity contribution in [1.82, 2.24) is 0 Å². The first kappa shape index (κ1) is 39.6. The van der Waals surface area contributed by atoms with E-state index in [9.17, 15) is 0 Å². The molecule has 69 heavy (non-hydrogen) atoms. The second-order valence-electron chi connectivity index (χ2n) is 18.3. The Hall–Kier alpha value is -8.56. The highest BCUT2D eigenvalue weighted by atomic mass is 32.1. The molecule has 2 aliphatic carbocycles. The molecule has 1 nitrogen and oxygen atoms in total. The van der Waals surface area contributed by atoms with Gasteiger partial charge in [0, 0.05) is 37.1 Å².